The van der Waals surface area contributed by atoms with Gasteiger partial charge in [0.15, 0.2) is 0 Å². The molecule has 2 aromatic carbocycles. The number of benzene rings is 2. The van der Waals surface area contributed by atoms with E-state index in [0.29, 0.717) is 10.6 Å². The first-order chi connectivity index (χ1) is 12.8. The molecule has 142 valence electrons. The number of halogens is 1. The second-order valence-corrected chi connectivity index (χ2v) is 7.88. The summed E-state index contributed by atoms with van der Waals surface area (Å²) in [6, 6.07) is 11.8. The summed E-state index contributed by atoms with van der Waals surface area (Å²) in [5, 5.41) is 0.485. The third-order valence-corrected chi connectivity index (χ3v) is 5.47. The number of ether oxygens (including phenoxy) is 1. The average molecular weight is 406 g/mol. The van der Waals surface area contributed by atoms with Crippen LogP contribution in [0.15, 0.2) is 71.3 Å². The van der Waals surface area contributed by atoms with Crippen LogP contribution in [0, 0.1) is 6.92 Å². The van der Waals surface area contributed by atoms with Gasteiger partial charge < -0.3 is 4.74 Å². The minimum absolute atomic E-state index is 0.0325. The lowest BCUT2D eigenvalue weighted by molar-refractivity contribution is -0.138. The highest BCUT2D eigenvalue weighted by Gasteiger charge is 2.29. The van der Waals surface area contributed by atoms with Crippen LogP contribution in [0.3, 0.4) is 0 Å². The Balaban J connectivity index is 2.49. The summed E-state index contributed by atoms with van der Waals surface area (Å²) >= 11 is 5.92. The number of esters is 1. The van der Waals surface area contributed by atoms with Crippen LogP contribution < -0.4 is 4.72 Å². The summed E-state index contributed by atoms with van der Waals surface area (Å²) in [7, 11) is -3.92. The third kappa shape index (κ3) is 5.31. The Morgan fingerprint density at radius 3 is 2.30 bits per heavy atom. The lowest BCUT2D eigenvalue weighted by Crippen LogP contribution is -2.32. The molecular weight excluding hydrogens is 386 g/mol. The Morgan fingerprint density at radius 2 is 1.78 bits per heavy atom. The number of carbonyl (C=O) groups excluding carboxylic acids is 1. The van der Waals surface area contributed by atoms with Crippen LogP contribution in [0.4, 0.5) is 0 Å². The van der Waals surface area contributed by atoms with Gasteiger partial charge in [-0.15, -0.1) is 5.73 Å². The molecule has 0 aliphatic carbocycles. The third-order valence-electron chi connectivity index (χ3n) is 3.78. The fourth-order valence-corrected chi connectivity index (χ4v) is 3.71. The van der Waals surface area contributed by atoms with Crippen molar-refractivity contribution < 1.29 is 17.9 Å². The number of aryl methyl sites for hydroxylation is 1. The molecule has 0 spiro atoms. The topological polar surface area (TPSA) is 72.5 Å². The zero-order chi connectivity index (χ0) is 20.0. The predicted octanol–water partition coefficient (Wildman–Crippen LogP) is 3.94. The fourth-order valence-electron chi connectivity index (χ4n) is 2.39. The summed E-state index contributed by atoms with van der Waals surface area (Å²) in [6.45, 7) is 7.18. The predicted molar refractivity (Wildman–Crippen MR) is 105 cm³/mol. The van der Waals surface area contributed by atoms with Crippen molar-refractivity contribution >= 4 is 27.6 Å². The lowest BCUT2D eigenvalue weighted by Gasteiger charge is -2.20. The van der Waals surface area contributed by atoms with E-state index in [1.165, 1.54) is 12.1 Å². The van der Waals surface area contributed by atoms with Gasteiger partial charge >= 0.3 is 5.97 Å². The molecule has 0 aromatic heterocycles. The summed E-state index contributed by atoms with van der Waals surface area (Å²) in [5.74, 6) is -0.695. The largest absolute Gasteiger partial charge is 0.462 e. The van der Waals surface area contributed by atoms with Crippen molar-refractivity contribution in [3.63, 3.8) is 0 Å². The number of nitrogens with one attached hydrogen (secondary N) is 1. The van der Waals surface area contributed by atoms with E-state index in [-0.39, 0.29) is 17.1 Å². The fraction of sp³-hybridized carbons (Fsp3) is 0.200. The van der Waals surface area contributed by atoms with Gasteiger partial charge in [-0.3, -0.25) is 0 Å². The van der Waals surface area contributed by atoms with Crippen LogP contribution in [0.5, 0.6) is 0 Å². The van der Waals surface area contributed by atoms with E-state index >= 15 is 0 Å². The van der Waals surface area contributed by atoms with Gasteiger partial charge in [0.2, 0.25) is 10.0 Å². The zero-order valence-electron chi connectivity index (χ0n) is 15.0. The monoisotopic (exact) mass is 405 g/mol. The molecule has 0 aliphatic rings. The minimum Gasteiger partial charge on any atom is -0.462 e. The molecule has 1 unspecified atom stereocenters. The Labute approximate surface area is 164 Å². The Bertz CT molecular complexity index is 960. The van der Waals surface area contributed by atoms with Crippen molar-refractivity contribution in [2.24, 2.45) is 0 Å². The van der Waals surface area contributed by atoms with E-state index in [0.717, 1.165) is 5.56 Å². The van der Waals surface area contributed by atoms with E-state index in [1.807, 2.05) is 6.92 Å². The van der Waals surface area contributed by atoms with Gasteiger partial charge in [-0.25, -0.2) is 13.2 Å². The first kappa shape index (κ1) is 20.9. The van der Waals surface area contributed by atoms with Gasteiger partial charge in [-0.2, -0.15) is 4.72 Å². The van der Waals surface area contributed by atoms with Gasteiger partial charge in [0.1, 0.15) is 5.57 Å². The summed E-state index contributed by atoms with van der Waals surface area (Å²) < 4.78 is 33.3. The second-order valence-electron chi connectivity index (χ2n) is 5.73. The molecule has 7 heteroatoms. The van der Waals surface area contributed by atoms with E-state index in [4.69, 9.17) is 16.3 Å². The smallest absolute Gasteiger partial charge is 0.343 e. The van der Waals surface area contributed by atoms with E-state index < -0.39 is 22.0 Å². The van der Waals surface area contributed by atoms with Gasteiger partial charge in [-0.05, 0) is 43.7 Å². The normalized spacial score (nSPS) is 12.1. The maximum atomic E-state index is 12.8. The molecule has 0 amide bonds. The molecule has 0 heterocycles. The second kappa shape index (κ2) is 9.02. The highest BCUT2D eigenvalue weighted by atomic mass is 35.5. The average Bonchev–Trinajstić information content (AvgIpc) is 2.63. The van der Waals surface area contributed by atoms with Crippen molar-refractivity contribution in [3.8, 4) is 0 Å². The van der Waals surface area contributed by atoms with Crippen molar-refractivity contribution in [1.29, 1.82) is 0 Å². The molecule has 0 aliphatic heterocycles. The van der Waals surface area contributed by atoms with Crippen LogP contribution in [-0.4, -0.2) is 21.0 Å². The minimum atomic E-state index is -3.92. The molecule has 2 aromatic rings. The molecule has 2 rings (SSSR count). The quantitative estimate of drug-likeness (QED) is 0.430. The first-order valence-electron chi connectivity index (χ1n) is 8.20. The summed E-state index contributed by atoms with van der Waals surface area (Å²) in [4.78, 5) is 12.4. The van der Waals surface area contributed by atoms with Crippen molar-refractivity contribution in [2.45, 2.75) is 24.8 Å². The van der Waals surface area contributed by atoms with Gasteiger partial charge in [0.25, 0.3) is 0 Å². The Morgan fingerprint density at radius 1 is 1.19 bits per heavy atom. The maximum absolute atomic E-state index is 12.8. The first-order valence-corrected chi connectivity index (χ1v) is 10.1. The van der Waals surface area contributed by atoms with Crippen molar-refractivity contribution in [2.75, 3.05) is 6.61 Å². The number of rotatable bonds is 7. The molecule has 1 atom stereocenters. The molecule has 0 saturated heterocycles. The molecule has 0 fully saturated rings. The highest BCUT2D eigenvalue weighted by molar-refractivity contribution is 7.89. The van der Waals surface area contributed by atoms with Gasteiger partial charge in [0, 0.05) is 5.02 Å². The molecule has 1 N–H and O–H groups in total. The van der Waals surface area contributed by atoms with Crippen LogP contribution in [-0.2, 0) is 19.6 Å². The van der Waals surface area contributed by atoms with Gasteiger partial charge in [-0.1, -0.05) is 48.0 Å². The van der Waals surface area contributed by atoms with Crippen molar-refractivity contribution in [3.05, 3.63) is 82.6 Å². The SMILES string of the molecule is C=C=C(C(=O)OCC)C(NS(=O)(=O)c1ccc(C)cc1)c1ccc(Cl)cc1. The van der Waals surface area contributed by atoms with Gasteiger partial charge in [0.05, 0.1) is 17.5 Å². The molecule has 0 saturated carbocycles. The Kier molecular flexibility index (Phi) is 6.99. The summed E-state index contributed by atoms with van der Waals surface area (Å²) in [6.07, 6.45) is 0. The van der Waals surface area contributed by atoms with Crippen molar-refractivity contribution in [1.82, 2.24) is 4.72 Å². The number of sulfonamides is 1. The van der Waals surface area contributed by atoms with Crippen LogP contribution in [0.1, 0.15) is 24.1 Å². The van der Waals surface area contributed by atoms with E-state index in [1.54, 1.807) is 43.3 Å². The highest BCUT2D eigenvalue weighted by Crippen LogP contribution is 2.26. The van der Waals surface area contributed by atoms with Crippen LogP contribution in [0.2, 0.25) is 5.02 Å². The zero-order valence-corrected chi connectivity index (χ0v) is 16.6. The molecule has 0 bridgehead atoms. The van der Waals surface area contributed by atoms with E-state index in [9.17, 15) is 13.2 Å². The van der Waals surface area contributed by atoms with Crippen LogP contribution in [0.25, 0.3) is 0 Å². The molecular formula is C20H20ClNO4S. The Hall–Kier alpha value is -2.37. The standard InChI is InChI=1S/C20H20ClNO4S/c1-4-18(20(23)26-5-2)19(15-8-10-16(21)11-9-15)22-27(24,25)17-12-6-14(3)7-13-17/h6-13,19,22H,1,5H2,2-3H3. The number of carbonyl (C=O) groups is 1. The molecule has 0 radical (unpaired) electrons. The maximum Gasteiger partial charge on any atom is 0.343 e. The van der Waals surface area contributed by atoms with Crippen LogP contribution >= 0.6 is 11.6 Å². The summed E-state index contributed by atoms with van der Waals surface area (Å²) in [5.41, 5.74) is 3.92. The molecule has 27 heavy (non-hydrogen) atoms. The molecule has 5 nitrogen and oxygen atoms in total. The lowest BCUT2D eigenvalue weighted by atomic mass is 10.0. The number of hydrogen-bond acceptors (Lipinski definition) is 4. The van der Waals surface area contributed by atoms with E-state index in [2.05, 4.69) is 17.0 Å². The number of hydrogen-bond donors (Lipinski definition) is 1.